The number of carbonyl (C=O) groups is 1. The number of anilines is 1. The van der Waals surface area contributed by atoms with Crippen LogP contribution < -0.4 is 4.90 Å². The number of nitrogens with zero attached hydrogens (tertiary/aromatic N) is 3. The van der Waals surface area contributed by atoms with Gasteiger partial charge in [-0.25, -0.2) is 8.78 Å². The lowest BCUT2D eigenvalue weighted by molar-refractivity contribution is -0.137. The maximum absolute atomic E-state index is 13.6. The van der Waals surface area contributed by atoms with Gasteiger partial charge in [-0.15, -0.1) is 0 Å². The Hall–Kier alpha value is -3.19. The number of halogens is 5. The van der Waals surface area contributed by atoms with E-state index in [1.54, 1.807) is 18.1 Å². The number of amides is 1. The molecule has 2 fully saturated rings. The second-order valence-corrected chi connectivity index (χ2v) is 8.84. The summed E-state index contributed by atoms with van der Waals surface area (Å²) >= 11 is 0. The van der Waals surface area contributed by atoms with Gasteiger partial charge in [0.25, 0.3) is 5.91 Å². The first-order chi connectivity index (χ1) is 16.1. The lowest BCUT2D eigenvalue weighted by Gasteiger charge is -2.43. The molecule has 0 N–H and O–H groups in total. The number of carbonyl (C=O) groups excluding carboxylic acids is 1. The van der Waals surface area contributed by atoms with E-state index in [1.807, 2.05) is 4.90 Å². The number of methoxy groups -OCH3 is 1. The summed E-state index contributed by atoms with van der Waals surface area (Å²) in [6.45, 7) is 1.84. The summed E-state index contributed by atoms with van der Waals surface area (Å²) in [5.41, 5.74) is -1.43. The zero-order valence-corrected chi connectivity index (χ0v) is 18.3. The van der Waals surface area contributed by atoms with E-state index in [0.29, 0.717) is 44.9 Å². The van der Waals surface area contributed by atoms with E-state index in [2.05, 4.69) is 0 Å². The molecule has 0 aromatic heterocycles. The van der Waals surface area contributed by atoms with Gasteiger partial charge in [0, 0.05) is 55.9 Å². The smallest absolute Gasteiger partial charge is 0.384 e. The van der Waals surface area contributed by atoms with Crippen LogP contribution in [0, 0.1) is 34.3 Å². The molecule has 2 atom stereocenters. The number of nitriles is 1. The van der Waals surface area contributed by atoms with Crippen molar-refractivity contribution in [2.75, 3.05) is 44.8 Å². The molecule has 0 radical (unpaired) electrons. The minimum Gasteiger partial charge on any atom is -0.384 e. The number of alkyl halides is 3. The van der Waals surface area contributed by atoms with E-state index < -0.39 is 34.8 Å². The number of hydrogen-bond donors (Lipinski definition) is 0. The Morgan fingerprint density at radius 1 is 1.18 bits per heavy atom. The molecule has 0 bridgehead atoms. The molecule has 4 rings (SSSR count). The van der Waals surface area contributed by atoms with Gasteiger partial charge in [0.2, 0.25) is 0 Å². The highest BCUT2D eigenvalue weighted by Gasteiger charge is 2.50. The standard InChI is InChI=1S/C24H22F5N3O2/c1-34-14-23-6-7-31(22(33)15-3-5-20(25)21(26)8-15)11-17(23)12-32(13-23)18-4-2-16(10-30)19(9-18)24(27,28)29/h2-5,8-9,17H,6-7,11-14H2,1H3. The van der Waals surface area contributed by atoms with E-state index in [1.165, 1.54) is 18.2 Å². The molecule has 1 amide bonds. The number of rotatable bonds is 4. The maximum Gasteiger partial charge on any atom is 0.417 e. The number of fused-ring (bicyclic) bond motifs is 1. The summed E-state index contributed by atoms with van der Waals surface area (Å²) < 4.78 is 72.7. The summed E-state index contributed by atoms with van der Waals surface area (Å²) in [6, 6.07) is 8.24. The average Bonchev–Trinajstić information content (AvgIpc) is 3.18. The molecule has 0 saturated carbocycles. The Balaban J connectivity index is 1.59. The van der Waals surface area contributed by atoms with Crippen LogP contribution in [0.3, 0.4) is 0 Å². The minimum atomic E-state index is -4.66. The fourth-order valence-electron chi connectivity index (χ4n) is 5.06. The van der Waals surface area contributed by atoms with Crippen molar-refractivity contribution in [1.82, 2.24) is 4.90 Å². The number of hydrogen-bond acceptors (Lipinski definition) is 4. The number of piperidine rings is 1. The minimum absolute atomic E-state index is 0.0369. The Bertz CT molecular complexity index is 1150. The summed E-state index contributed by atoms with van der Waals surface area (Å²) in [5.74, 6) is -2.69. The van der Waals surface area contributed by atoms with Crippen molar-refractivity contribution < 1.29 is 31.5 Å². The third-order valence-electron chi connectivity index (χ3n) is 6.81. The summed E-state index contributed by atoms with van der Waals surface area (Å²) in [6.07, 6.45) is -4.12. The van der Waals surface area contributed by atoms with Gasteiger partial charge < -0.3 is 14.5 Å². The van der Waals surface area contributed by atoms with Crippen molar-refractivity contribution >= 4 is 11.6 Å². The van der Waals surface area contributed by atoms with Gasteiger partial charge in [0.05, 0.1) is 23.8 Å². The predicted molar refractivity (Wildman–Crippen MR) is 113 cm³/mol. The van der Waals surface area contributed by atoms with Gasteiger partial charge >= 0.3 is 6.18 Å². The lowest BCUT2D eigenvalue weighted by atomic mass is 9.73. The molecule has 2 unspecified atom stereocenters. The van der Waals surface area contributed by atoms with Gasteiger partial charge in [0.1, 0.15) is 0 Å². The number of benzene rings is 2. The highest BCUT2D eigenvalue weighted by Crippen LogP contribution is 2.45. The quantitative estimate of drug-likeness (QED) is 0.608. The van der Waals surface area contributed by atoms with E-state index in [4.69, 9.17) is 10.00 Å². The van der Waals surface area contributed by atoms with Crippen molar-refractivity contribution in [3.05, 3.63) is 64.7 Å². The number of likely N-dealkylation sites (tertiary alicyclic amines) is 1. The maximum atomic E-state index is 13.6. The van der Waals surface area contributed by atoms with E-state index in [9.17, 15) is 26.7 Å². The van der Waals surface area contributed by atoms with Crippen LogP contribution in [0.1, 0.15) is 27.9 Å². The monoisotopic (exact) mass is 479 g/mol. The number of ether oxygens (including phenoxy) is 1. The molecular weight excluding hydrogens is 457 g/mol. The van der Waals surface area contributed by atoms with Crippen LogP contribution >= 0.6 is 0 Å². The molecule has 2 aliphatic heterocycles. The third kappa shape index (κ3) is 4.32. The zero-order valence-electron chi connectivity index (χ0n) is 18.3. The van der Waals surface area contributed by atoms with E-state index >= 15 is 0 Å². The van der Waals surface area contributed by atoms with Crippen LogP contribution in [0.4, 0.5) is 27.6 Å². The molecule has 0 spiro atoms. The molecule has 2 aromatic carbocycles. The summed E-state index contributed by atoms with van der Waals surface area (Å²) in [7, 11) is 1.55. The SMILES string of the molecule is COCC12CCN(C(=O)c3ccc(F)c(F)c3)CC1CN(c1ccc(C#N)c(C(F)(F)F)c1)C2. The fraction of sp³-hybridized carbons (Fsp3) is 0.417. The normalized spacial score (nSPS) is 22.4. The molecule has 2 aromatic rings. The molecule has 10 heteroatoms. The topological polar surface area (TPSA) is 56.6 Å². The van der Waals surface area contributed by atoms with Gasteiger partial charge in [-0.1, -0.05) is 0 Å². The van der Waals surface area contributed by atoms with Gasteiger partial charge in [0.15, 0.2) is 11.6 Å². The van der Waals surface area contributed by atoms with Crippen molar-refractivity contribution in [2.24, 2.45) is 11.3 Å². The summed E-state index contributed by atoms with van der Waals surface area (Å²) in [5, 5.41) is 9.06. The van der Waals surface area contributed by atoms with E-state index in [0.717, 1.165) is 18.2 Å². The molecule has 2 aliphatic rings. The molecular formula is C24H22F5N3O2. The largest absolute Gasteiger partial charge is 0.417 e. The third-order valence-corrected chi connectivity index (χ3v) is 6.81. The van der Waals surface area contributed by atoms with Crippen LogP contribution in [0.5, 0.6) is 0 Å². The predicted octanol–water partition coefficient (Wildman–Crippen LogP) is 4.47. The van der Waals surface area contributed by atoms with E-state index in [-0.39, 0.29) is 16.9 Å². The average molecular weight is 479 g/mol. The van der Waals surface area contributed by atoms with Crippen molar-refractivity contribution in [2.45, 2.75) is 12.6 Å². The second-order valence-electron chi connectivity index (χ2n) is 8.84. The van der Waals surface area contributed by atoms with Crippen LogP contribution in [0.15, 0.2) is 36.4 Å². The Kier molecular flexibility index (Phi) is 6.25. The van der Waals surface area contributed by atoms with Gasteiger partial charge in [-0.2, -0.15) is 18.4 Å². The van der Waals surface area contributed by atoms with Crippen LogP contribution in [-0.2, 0) is 10.9 Å². The van der Waals surface area contributed by atoms with Crippen molar-refractivity contribution in [1.29, 1.82) is 5.26 Å². The van der Waals surface area contributed by atoms with Crippen molar-refractivity contribution in [3.8, 4) is 6.07 Å². The molecule has 0 aliphatic carbocycles. The van der Waals surface area contributed by atoms with Crippen LogP contribution in [0.2, 0.25) is 0 Å². The molecule has 5 nitrogen and oxygen atoms in total. The zero-order chi connectivity index (χ0) is 24.7. The van der Waals surface area contributed by atoms with Crippen molar-refractivity contribution in [3.63, 3.8) is 0 Å². The first kappa shape index (κ1) is 24.0. The Labute approximate surface area is 193 Å². The molecule has 180 valence electrons. The Morgan fingerprint density at radius 2 is 1.94 bits per heavy atom. The lowest BCUT2D eigenvalue weighted by Crippen LogP contribution is -2.50. The van der Waals surface area contributed by atoms with Gasteiger partial charge in [-0.05, 0) is 42.8 Å². The highest BCUT2D eigenvalue weighted by atomic mass is 19.4. The highest BCUT2D eigenvalue weighted by molar-refractivity contribution is 5.94. The van der Waals surface area contributed by atoms with Gasteiger partial charge in [-0.3, -0.25) is 4.79 Å². The van der Waals surface area contributed by atoms with Crippen LogP contribution in [0.25, 0.3) is 0 Å². The second kappa shape index (κ2) is 8.87. The summed E-state index contributed by atoms with van der Waals surface area (Å²) in [4.78, 5) is 16.3. The molecule has 2 saturated heterocycles. The molecule has 34 heavy (non-hydrogen) atoms. The fourth-order valence-corrected chi connectivity index (χ4v) is 5.06. The first-order valence-corrected chi connectivity index (χ1v) is 10.7. The van der Waals surface area contributed by atoms with Crippen LogP contribution in [-0.4, -0.2) is 50.7 Å². The molecule has 2 heterocycles. The first-order valence-electron chi connectivity index (χ1n) is 10.7. The Morgan fingerprint density at radius 3 is 2.59 bits per heavy atom.